The molecule has 0 bridgehead atoms. The Morgan fingerprint density at radius 1 is 1.24 bits per heavy atom. The second-order valence-corrected chi connectivity index (χ2v) is 6.02. The van der Waals surface area contributed by atoms with Crippen molar-refractivity contribution >= 4 is 11.8 Å². The van der Waals surface area contributed by atoms with Crippen LogP contribution in [0.1, 0.15) is 36.8 Å². The lowest BCUT2D eigenvalue weighted by Gasteiger charge is -2.05. The third kappa shape index (κ3) is 5.13. The number of nitrogens with one attached hydrogen (secondary N) is 1. The van der Waals surface area contributed by atoms with Crippen LogP contribution in [0.3, 0.4) is 0 Å². The van der Waals surface area contributed by atoms with Crippen LogP contribution in [0.25, 0.3) is 0 Å². The topological polar surface area (TPSA) is 12.0 Å². The molecule has 1 saturated carbocycles. The van der Waals surface area contributed by atoms with E-state index in [2.05, 4.69) is 48.3 Å². The average Bonchev–Trinajstić information content (AvgIpc) is 3.14. The average molecular weight is 249 g/mol. The highest BCUT2D eigenvalue weighted by atomic mass is 32.2. The Balaban J connectivity index is 1.49. The van der Waals surface area contributed by atoms with Crippen molar-refractivity contribution in [3.8, 4) is 0 Å². The first-order valence-electron chi connectivity index (χ1n) is 6.72. The molecule has 2 heteroatoms. The smallest absolute Gasteiger partial charge is 0.0187 e. The van der Waals surface area contributed by atoms with Crippen molar-refractivity contribution < 1.29 is 0 Å². The SMILES string of the molecule is Cc1ccccc1CSCCCCNC1CC1. The fourth-order valence-electron chi connectivity index (χ4n) is 1.88. The van der Waals surface area contributed by atoms with Gasteiger partial charge in [-0.2, -0.15) is 11.8 Å². The predicted molar refractivity (Wildman–Crippen MR) is 77.6 cm³/mol. The van der Waals surface area contributed by atoms with E-state index in [4.69, 9.17) is 0 Å². The van der Waals surface area contributed by atoms with Crippen LogP contribution in [0.2, 0.25) is 0 Å². The van der Waals surface area contributed by atoms with E-state index in [1.807, 2.05) is 0 Å². The standard InChI is InChI=1S/C15H23NS/c1-13-6-2-3-7-14(13)12-17-11-5-4-10-16-15-8-9-15/h2-3,6-7,15-16H,4-5,8-12H2,1H3. The highest BCUT2D eigenvalue weighted by Crippen LogP contribution is 2.19. The Hall–Kier alpha value is -0.470. The zero-order valence-corrected chi connectivity index (χ0v) is 11.6. The minimum atomic E-state index is 0.870. The quantitative estimate of drug-likeness (QED) is 0.704. The second-order valence-electron chi connectivity index (χ2n) is 4.91. The summed E-state index contributed by atoms with van der Waals surface area (Å²) in [6, 6.07) is 9.58. The third-order valence-corrected chi connectivity index (χ3v) is 4.34. The van der Waals surface area contributed by atoms with Gasteiger partial charge < -0.3 is 5.32 Å². The van der Waals surface area contributed by atoms with Crippen LogP contribution >= 0.6 is 11.8 Å². The van der Waals surface area contributed by atoms with Gasteiger partial charge in [-0.05, 0) is 56.0 Å². The fourth-order valence-corrected chi connectivity index (χ4v) is 2.97. The Kier molecular flexibility index (Phi) is 5.40. The van der Waals surface area contributed by atoms with Gasteiger partial charge in [0.05, 0.1) is 0 Å². The summed E-state index contributed by atoms with van der Waals surface area (Å²) >= 11 is 2.07. The minimum Gasteiger partial charge on any atom is -0.314 e. The van der Waals surface area contributed by atoms with Gasteiger partial charge in [0.15, 0.2) is 0 Å². The molecule has 0 unspecified atom stereocenters. The first-order chi connectivity index (χ1) is 8.36. The van der Waals surface area contributed by atoms with Crippen LogP contribution < -0.4 is 5.32 Å². The molecule has 1 aliphatic rings. The van der Waals surface area contributed by atoms with Gasteiger partial charge in [-0.3, -0.25) is 0 Å². The molecule has 1 nitrogen and oxygen atoms in total. The van der Waals surface area contributed by atoms with Crippen LogP contribution in [0, 0.1) is 6.92 Å². The monoisotopic (exact) mass is 249 g/mol. The third-order valence-electron chi connectivity index (χ3n) is 3.24. The second kappa shape index (κ2) is 7.07. The summed E-state index contributed by atoms with van der Waals surface area (Å²) in [6.45, 7) is 3.42. The van der Waals surface area contributed by atoms with Crippen LogP contribution in [0.5, 0.6) is 0 Å². The van der Waals surface area contributed by atoms with Crippen LogP contribution in [-0.4, -0.2) is 18.3 Å². The molecule has 1 N–H and O–H groups in total. The molecule has 1 aromatic carbocycles. The number of unbranched alkanes of at least 4 members (excludes halogenated alkanes) is 1. The summed E-state index contributed by atoms with van der Waals surface area (Å²) in [7, 11) is 0. The molecule has 1 aromatic rings. The van der Waals surface area contributed by atoms with Crippen LogP contribution in [-0.2, 0) is 5.75 Å². The van der Waals surface area contributed by atoms with E-state index in [0.29, 0.717) is 0 Å². The molecule has 0 heterocycles. The van der Waals surface area contributed by atoms with Crippen molar-refractivity contribution in [3.05, 3.63) is 35.4 Å². The summed E-state index contributed by atoms with van der Waals surface area (Å²) in [5.74, 6) is 2.46. The molecule has 17 heavy (non-hydrogen) atoms. The number of benzene rings is 1. The van der Waals surface area contributed by atoms with Gasteiger partial charge >= 0.3 is 0 Å². The highest BCUT2D eigenvalue weighted by Gasteiger charge is 2.19. The zero-order chi connectivity index (χ0) is 11.9. The van der Waals surface area contributed by atoms with Gasteiger partial charge in [0.2, 0.25) is 0 Å². The zero-order valence-electron chi connectivity index (χ0n) is 10.7. The molecule has 2 rings (SSSR count). The van der Waals surface area contributed by atoms with Gasteiger partial charge in [0.25, 0.3) is 0 Å². The number of thioether (sulfide) groups is 1. The molecule has 0 saturated heterocycles. The molecular weight excluding hydrogens is 226 g/mol. The lowest BCUT2D eigenvalue weighted by Crippen LogP contribution is -2.17. The van der Waals surface area contributed by atoms with E-state index >= 15 is 0 Å². The van der Waals surface area contributed by atoms with Crippen molar-refractivity contribution in [2.45, 2.75) is 44.4 Å². The fraction of sp³-hybridized carbons (Fsp3) is 0.600. The van der Waals surface area contributed by atoms with Gasteiger partial charge in [-0.25, -0.2) is 0 Å². The summed E-state index contributed by atoms with van der Waals surface area (Å²) in [5.41, 5.74) is 2.92. The number of rotatable bonds is 8. The molecular formula is C15H23NS. The summed E-state index contributed by atoms with van der Waals surface area (Å²) in [6.07, 6.45) is 5.48. The Bertz CT molecular complexity index is 333. The molecule has 94 valence electrons. The molecule has 0 atom stereocenters. The number of aryl methyl sites for hydroxylation is 1. The van der Waals surface area contributed by atoms with Crippen molar-refractivity contribution in [1.82, 2.24) is 5.32 Å². The van der Waals surface area contributed by atoms with Crippen molar-refractivity contribution in [2.75, 3.05) is 12.3 Å². The van der Waals surface area contributed by atoms with Crippen molar-refractivity contribution in [1.29, 1.82) is 0 Å². The minimum absolute atomic E-state index is 0.870. The number of hydrogen-bond acceptors (Lipinski definition) is 2. The lowest BCUT2D eigenvalue weighted by atomic mass is 10.1. The Labute approximate surface area is 109 Å². The first-order valence-corrected chi connectivity index (χ1v) is 7.87. The van der Waals surface area contributed by atoms with Gasteiger partial charge in [0.1, 0.15) is 0 Å². The lowest BCUT2D eigenvalue weighted by molar-refractivity contribution is 0.640. The van der Waals surface area contributed by atoms with Gasteiger partial charge in [-0.15, -0.1) is 0 Å². The maximum absolute atomic E-state index is 3.57. The predicted octanol–water partition coefficient (Wildman–Crippen LogP) is 3.76. The molecule has 0 aliphatic heterocycles. The molecule has 0 aromatic heterocycles. The first kappa shape index (κ1) is 13.0. The molecule has 0 radical (unpaired) electrons. The van der Waals surface area contributed by atoms with Crippen LogP contribution in [0.4, 0.5) is 0 Å². The maximum Gasteiger partial charge on any atom is 0.0187 e. The Morgan fingerprint density at radius 2 is 2.06 bits per heavy atom. The van der Waals surface area contributed by atoms with Gasteiger partial charge in [0, 0.05) is 11.8 Å². The van der Waals surface area contributed by atoms with Crippen molar-refractivity contribution in [2.24, 2.45) is 0 Å². The maximum atomic E-state index is 3.57. The highest BCUT2D eigenvalue weighted by molar-refractivity contribution is 7.98. The van der Waals surface area contributed by atoms with E-state index in [-0.39, 0.29) is 0 Å². The van der Waals surface area contributed by atoms with E-state index in [1.165, 1.54) is 54.9 Å². The number of hydrogen-bond donors (Lipinski definition) is 1. The van der Waals surface area contributed by atoms with E-state index in [9.17, 15) is 0 Å². The molecule has 1 aliphatic carbocycles. The molecule has 0 amide bonds. The molecule has 0 spiro atoms. The van der Waals surface area contributed by atoms with E-state index < -0.39 is 0 Å². The summed E-state index contributed by atoms with van der Waals surface area (Å²) in [4.78, 5) is 0. The summed E-state index contributed by atoms with van der Waals surface area (Å²) in [5, 5.41) is 3.57. The van der Waals surface area contributed by atoms with Crippen molar-refractivity contribution in [3.63, 3.8) is 0 Å². The largest absolute Gasteiger partial charge is 0.314 e. The van der Waals surface area contributed by atoms with E-state index in [0.717, 1.165) is 6.04 Å². The summed E-state index contributed by atoms with van der Waals surface area (Å²) < 4.78 is 0. The van der Waals surface area contributed by atoms with E-state index in [1.54, 1.807) is 0 Å². The van der Waals surface area contributed by atoms with Crippen LogP contribution in [0.15, 0.2) is 24.3 Å². The molecule has 1 fully saturated rings. The Morgan fingerprint density at radius 3 is 2.82 bits per heavy atom. The van der Waals surface area contributed by atoms with Gasteiger partial charge in [-0.1, -0.05) is 24.3 Å². The normalized spacial score (nSPS) is 15.1.